The van der Waals surface area contributed by atoms with E-state index in [1.807, 2.05) is 18.2 Å². The van der Waals surface area contributed by atoms with E-state index >= 15 is 0 Å². The molecule has 0 aliphatic carbocycles. The molecule has 3 nitrogen and oxygen atoms in total. The molecular weight excluding hydrogens is 306 g/mol. The fourth-order valence-electron chi connectivity index (χ4n) is 1.69. The van der Waals surface area contributed by atoms with Crippen molar-refractivity contribution in [1.29, 1.82) is 0 Å². The van der Waals surface area contributed by atoms with Crippen molar-refractivity contribution in [3.05, 3.63) is 71.3 Å². The molecule has 2 aromatic carbocycles. The molecule has 0 fully saturated rings. The van der Waals surface area contributed by atoms with Gasteiger partial charge in [0.1, 0.15) is 0 Å². The summed E-state index contributed by atoms with van der Waals surface area (Å²) in [6, 6.07) is 17.0. The zero-order chi connectivity index (χ0) is 13.8. The Labute approximate surface area is 120 Å². The molecule has 3 rings (SSSR count). The van der Waals surface area contributed by atoms with Gasteiger partial charge in [-0.05, 0) is 19.1 Å². The highest BCUT2D eigenvalue weighted by atomic mass is 79.9. The molecule has 1 aliphatic heterocycles. The molecule has 0 unspecified atom stereocenters. The van der Waals surface area contributed by atoms with Crippen molar-refractivity contribution in [2.75, 3.05) is 0 Å². The molecule has 1 heterocycles. The lowest BCUT2D eigenvalue weighted by molar-refractivity contribution is 0.0785. The number of carbonyl (C=O) groups is 2. The molecule has 0 saturated carbocycles. The van der Waals surface area contributed by atoms with Crippen molar-refractivity contribution >= 4 is 28.0 Å². The fraction of sp³-hybridized carbons (Fsp3) is 0.0667. The van der Waals surface area contributed by atoms with E-state index in [0.717, 1.165) is 3.93 Å². The van der Waals surface area contributed by atoms with Gasteiger partial charge in [-0.3, -0.25) is 9.59 Å². The van der Waals surface area contributed by atoms with Crippen LogP contribution in [0.2, 0.25) is 0 Å². The van der Waals surface area contributed by atoms with Crippen LogP contribution in [0.5, 0.6) is 0 Å². The van der Waals surface area contributed by atoms with Gasteiger partial charge in [0.25, 0.3) is 11.8 Å². The number of aryl methyl sites for hydroxylation is 1. The van der Waals surface area contributed by atoms with Crippen LogP contribution in [0.4, 0.5) is 0 Å². The summed E-state index contributed by atoms with van der Waals surface area (Å²) >= 11 is 2.88. The molecule has 0 atom stereocenters. The predicted molar refractivity (Wildman–Crippen MR) is 77.0 cm³/mol. The van der Waals surface area contributed by atoms with Gasteiger partial charge in [-0.15, -0.1) is 0 Å². The molecule has 19 heavy (non-hydrogen) atoms. The van der Waals surface area contributed by atoms with Gasteiger partial charge in [-0.1, -0.05) is 48.0 Å². The quantitative estimate of drug-likeness (QED) is 0.550. The summed E-state index contributed by atoms with van der Waals surface area (Å²) in [5.74, 6) is -0.591. The molecule has 0 N–H and O–H groups in total. The number of benzene rings is 2. The van der Waals surface area contributed by atoms with Crippen LogP contribution in [-0.2, 0) is 0 Å². The first-order chi connectivity index (χ1) is 9.11. The first-order valence-corrected chi connectivity index (χ1v) is 6.47. The van der Waals surface area contributed by atoms with Crippen molar-refractivity contribution in [3.63, 3.8) is 0 Å². The summed E-state index contributed by atoms with van der Waals surface area (Å²) in [5, 5.41) is 0. The predicted octanol–water partition coefficient (Wildman–Crippen LogP) is 3.59. The minimum absolute atomic E-state index is 0.296. The molecule has 0 spiro atoms. The Morgan fingerprint density at radius 2 is 1.21 bits per heavy atom. The summed E-state index contributed by atoms with van der Waals surface area (Å²) in [7, 11) is 0. The second kappa shape index (κ2) is 5.80. The standard InChI is InChI=1S/C8H4BrNO2.C7H8/c9-10-7(11)5-3-1-2-4-6(5)8(10)12;1-7-5-3-2-4-6-7/h1-4H;2-6H,1H3. The number of fused-ring (bicyclic) bond motifs is 1. The Morgan fingerprint density at radius 1 is 0.789 bits per heavy atom. The average molecular weight is 318 g/mol. The highest BCUT2D eigenvalue weighted by molar-refractivity contribution is 9.08. The van der Waals surface area contributed by atoms with E-state index in [4.69, 9.17) is 0 Å². The molecule has 0 aromatic heterocycles. The van der Waals surface area contributed by atoms with Crippen LogP contribution >= 0.6 is 16.1 Å². The van der Waals surface area contributed by atoms with Crippen molar-refractivity contribution in [3.8, 4) is 0 Å². The molecule has 0 saturated heterocycles. The minimum Gasteiger partial charge on any atom is -0.268 e. The minimum atomic E-state index is -0.296. The number of imide groups is 1. The van der Waals surface area contributed by atoms with Crippen LogP contribution in [0.3, 0.4) is 0 Å². The Morgan fingerprint density at radius 3 is 1.58 bits per heavy atom. The number of nitrogens with zero attached hydrogens (tertiary/aromatic N) is 1. The van der Waals surface area contributed by atoms with Crippen LogP contribution in [0.1, 0.15) is 26.3 Å². The van der Waals surface area contributed by atoms with E-state index in [2.05, 4.69) is 35.2 Å². The van der Waals surface area contributed by atoms with E-state index in [1.165, 1.54) is 5.56 Å². The molecule has 4 heteroatoms. The summed E-state index contributed by atoms with van der Waals surface area (Å²) in [6.07, 6.45) is 0. The summed E-state index contributed by atoms with van der Waals surface area (Å²) in [4.78, 5) is 22.5. The largest absolute Gasteiger partial charge is 0.271 e. The van der Waals surface area contributed by atoms with Gasteiger partial charge in [0.2, 0.25) is 0 Å². The van der Waals surface area contributed by atoms with E-state index in [0.29, 0.717) is 11.1 Å². The van der Waals surface area contributed by atoms with Gasteiger partial charge in [0.05, 0.1) is 27.3 Å². The van der Waals surface area contributed by atoms with Gasteiger partial charge in [0, 0.05) is 0 Å². The molecule has 2 aromatic rings. The second-order valence-electron chi connectivity index (χ2n) is 4.09. The molecule has 0 bridgehead atoms. The third-order valence-electron chi connectivity index (χ3n) is 2.68. The summed E-state index contributed by atoms with van der Waals surface area (Å²) < 4.78 is 0.942. The molecule has 96 valence electrons. The summed E-state index contributed by atoms with van der Waals surface area (Å²) in [5.41, 5.74) is 2.24. The smallest absolute Gasteiger partial charge is 0.268 e. The molecule has 1 aliphatic rings. The maximum atomic E-state index is 11.3. The van der Waals surface area contributed by atoms with Gasteiger partial charge in [0.15, 0.2) is 0 Å². The maximum absolute atomic E-state index is 11.3. The van der Waals surface area contributed by atoms with Gasteiger partial charge in [-0.2, -0.15) is 0 Å². The van der Waals surface area contributed by atoms with Crippen LogP contribution in [0, 0.1) is 6.92 Å². The van der Waals surface area contributed by atoms with Crippen molar-refractivity contribution < 1.29 is 9.59 Å². The number of hydrogen-bond acceptors (Lipinski definition) is 2. The second-order valence-corrected chi connectivity index (χ2v) is 4.80. The van der Waals surface area contributed by atoms with E-state index in [-0.39, 0.29) is 11.8 Å². The Bertz CT molecular complexity index is 576. The normalized spacial score (nSPS) is 12.8. The lowest BCUT2D eigenvalue weighted by Crippen LogP contribution is -2.17. The number of amides is 2. The number of carbonyl (C=O) groups excluding carboxylic acids is 2. The van der Waals surface area contributed by atoms with Crippen LogP contribution in [0.25, 0.3) is 0 Å². The van der Waals surface area contributed by atoms with Crippen LogP contribution < -0.4 is 0 Å². The van der Waals surface area contributed by atoms with Crippen LogP contribution in [-0.4, -0.2) is 15.7 Å². The van der Waals surface area contributed by atoms with Gasteiger partial charge >= 0.3 is 0 Å². The van der Waals surface area contributed by atoms with Gasteiger partial charge in [-0.25, -0.2) is 3.93 Å². The average Bonchev–Trinajstić information content (AvgIpc) is 2.66. The number of hydrogen-bond donors (Lipinski definition) is 0. The fourth-order valence-corrected chi connectivity index (χ4v) is 2.08. The lowest BCUT2D eigenvalue weighted by atomic mass is 10.1. The van der Waals surface area contributed by atoms with Crippen molar-refractivity contribution in [2.24, 2.45) is 0 Å². The monoisotopic (exact) mass is 317 g/mol. The number of halogens is 1. The van der Waals surface area contributed by atoms with Crippen molar-refractivity contribution in [1.82, 2.24) is 3.93 Å². The zero-order valence-corrected chi connectivity index (χ0v) is 11.9. The van der Waals surface area contributed by atoms with E-state index in [9.17, 15) is 9.59 Å². The molecular formula is C15H12BrNO2. The first-order valence-electron chi connectivity index (χ1n) is 5.76. The lowest BCUT2D eigenvalue weighted by Gasteiger charge is -1.98. The Kier molecular flexibility index (Phi) is 4.12. The topological polar surface area (TPSA) is 37.4 Å². The highest BCUT2D eigenvalue weighted by Crippen LogP contribution is 2.24. The van der Waals surface area contributed by atoms with Crippen LogP contribution in [0.15, 0.2) is 54.6 Å². The van der Waals surface area contributed by atoms with E-state index < -0.39 is 0 Å². The van der Waals surface area contributed by atoms with Gasteiger partial charge < -0.3 is 0 Å². The third kappa shape index (κ3) is 2.90. The summed E-state index contributed by atoms with van der Waals surface area (Å²) in [6.45, 7) is 2.08. The Balaban J connectivity index is 0.000000163. The number of rotatable bonds is 0. The Hall–Kier alpha value is -1.94. The van der Waals surface area contributed by atoms with E-state index in [1.54, 1.807) is 24.3 Å². The zero-order valence-electron chi connectivity index (χ0n) is 10.3. The van der Waals surface area contributed by atoms with Crippen molar-refractivity contribution in [2.45, 2.75) is 6.92 Å². The third-order valence-corrected chi connectivity index (χ3v) is 3.33. The first kappa shape index (κ1) is 13.5. The maximum Gasteiger partial charge on any atom is 0.271 e. The highest BCUT2D eigenvalue weighted by Gasteiger charge is 2.33. The molecule has 0 radical (unpaired) electrons. The molecule has 2 amide bonds. The SMILES string of the molecule is Cc1ccccc1.O=C1c2ccccc2C(=O)N1Br.